The van der Waals surface area contributed by atoms with Crippen molar-refractivity contribution in [2.75, 3.05) is 6.61 Å². The van der Waals surface area contributed by atoms with Crippen molar-refractivity contribution in [1.29, 1.82) is 0 Å². The molecule has 1 aromatic carbocycles. The van der Waals surface area contributed by atoms with Gasteiger partial charge in [-0.3, -0.25) is 0 Å². The van der Waals surface area contributed by atoms with Gasteiger partial charge in [0.1, 0.15) is 5.56 Å². The van der Waals surface area contributed by atoms with Gasteiger partial charge in [-0.1, -0.05) is 23.6 Å². The van der Waals surface area contributed by atoms with E-state index in [4.69, 9.17) is 11.2 Å². The van der Waals surface area contributed by atoms with E-state index in [2.05, 4.69) is 11.0 Å². The molecule has 0 spiro atoms. The number of hydrogen-bond acceptors (Lipinski definition) is 2. The van der Waals surface area contributed by atoms with Gasteiger partial charge in [0.15, 0.2) is 6.61 Å². The highest BCUT2D eigenvalue weighted by Crippen LogP contribution is 2.37. The molecule has 0 N–H and O–H groups in total. The summed E-state index contributed by atoms with van der Waals surface area (Å²) in [5.74, 6) is 1.76. The molecule has 110 valence electrons. The van der Waals surface area contributed by atoms with Crippen molar-refractivity contribution in [3.05, 3.63) is 41.1 Å². The standard InChI is InChI=1S/C15H13F3N2O/c1-4-7-21-14-12(15(16,17)18)9-19-20(14)13-6-5-10(2)8-11(13)3/h1,5-6,8-9H,7H2,2-3H3. The van der Waals surface area contributed by atoms with Crippen LogP contribution in [-0.2, 0) is 6.18 Å². The van der Waals surface area contributed by atoms with Crippen molar-refractivity contribution in [2.45, 2.75) is 20.0 Å². The first-order valence-corrected chi connectivity index (χ1v) is 6.13. The van der Waals surface area contributed by atoms with Crippen molar-refractivity contribution in [3.8, 4) is 23.9 Å². The van der Waals surface area contributed by atoms with E-state index in [9.17, 15) is 13.2 Å². The fourth-order valence-corrected chi connectivity index (χ4v) is 2.00. The van der Waals surface area contributed by atoms with Crippen LogP contribution in [0.25, 0.3) is 5.69 Å². The summed E-state index contributed by atoms with van der Waals surface area (Å²) in [5, 5.41) is 3.80. The van der Waals surface area contributed by atoms with Crippen LogP contribution in [0.2, 0.25) is 0 Å². The molecule has 0 bridgehead atoms. The van der Waals surface area contributed by atoms with Gasteiger partial charge in [-0.05, 0) is 25.5 Å². The van der Waals surface area contributed by atoms with E-state index < -0.39 is 17.6 Å². The number of ether oxygens (including phenoxy) is 1. The highest BCUT2D eigenvalue weighted by Gasteiger charge is 2.38. The summed E-state index contributed by atoms with van der Waals surface area (Å²) < 4.78 is 45.1. The Morgan fingerprint density at radius 3 is 2.62 bits per heavy atom. The molecule has 0 amide bonds. The van der Waals surface area contributed by atoms with Gasteiger partial charge in [0.05, 0.1) is 11.9 Å². The fraction of sp³-hybridized carbons (Fsp3) is 0.267. The number of nitrogens with zero attached hydrogens (tertiary/aromatic N) is 2. The average Bonchev–Trinajstić information content (AvgIpc) is 2.79. The lowest BCUT2D eigenvalue weighted by molar-refractivity contribution is -0.138. The molecule has 0 atom stereocenters. The summed E-state index contributed by atoms with van der Waals surface area (Å²) in [7, 11) is 0. The average molecular weight is 294 g/mol. The predicted octanol–water partition coefficient (Wildman–Crippen LogP) is 3.52. The Balaban J connectivity index is 2.58. The second kappa shape index (κ2) is 5.52. The predicted molar refractivity (Wildman–Crippen MR) is 72.4 cm³/mol. The molecule has 0 unspecified atom stereocenters. The largest absolute Gasteiger partial charge is 0.464 e. The number of aromatic nitrogens is 2. The van der Waals surface area contributed by atoms with Crippen LogP contribution in [0.5, 0.6) is 5.88 Å². The zero-order valence-corrected chi connectivity index (χ0v) is 11.5. The number of terminal acetylenes is 1. The van der Waals surface area contributed by atoms with Gasteiger partial charge >= 0.3 is 6.18 Å². The van der Waals surface area contributed by atoms with E-state index in [1.165, 1.54) is 0 Å². The van der Waals surface area contributed by atoms with Crippen LogP contribution in [0.1, 0.15) is 16.7 Å². The van der Waals surface area contributed by atoms with Crippen molar-refractivity contribution < 1.29 is 17.9 Å². The second-order valence-electron chi connectivity index (χ2n) is 4.56. The van der Waals surface area contributed by atoms with Crippen molar-refractivity contribution in [2.24, 2.45) is 0 Å². The Bertz CT molecular complexity index is 696. The molecular formula is C15H13F3N2O. The molecular weight excluding hydrogens is 281 g/mol. The molecule has 0 aliphatic rings. The Morgan fingerprint density at radius 2 is 2.05 bits per heavy atom. The van der Waals surface area contributed by atoms with E-state index in [-0.39, 0.29) is 6.61 Å². The molecule has 0 radical (unpaired) electrons. The Kier molecular flexibility index (Phi) is 3.94. The second-order valence-corrected chi connectivity index (χ2v) is 4.56. The molecule has 3 nitrogen and oxygen atoms in total. The lowest BCUT2D eigenvalue weighted by Gasteiger charge is -2.13. The molecule has 2 rings (SSSR count). The third kappa shape index (κ3) is 3.02. The Morgan fingerprint density at radius 1 is 1.33 bits per heavy atom. The normalized spacial score (nSPS) is 11.2. The number of rotatable bonds is 3. The van der Waals surface area contributed by atoms with Crippen LogP contribution < -0.4 is 4.74 Å². The van der Waals surface area contributed by atoms with E-state index in [0.29, 0.717) is 5.69 Å². The molecule has 6 heteroatoms. The first-order valence-electron chi connectivity index (χ1n) is 6.13. The minimum atomic E-state index is -4.55. The Hall–Kier alpha value is -2.42. The fourth-order valence-electron chi connectivity index (χ4n) is 2.00. The third-order valence-electron chi connectivity index (χ3n) is 2.90. The number of aryl methyl sites for hydroxylation is 2. The highest BCUT2D eigenvalue weighted by atomic mass is 19.4. The van der Waals surface area contributed by atoms with Crippen molar-refractivity contribution in [1.82, 2.24) is 9.78 Å². The van der Waals surface area contributed by atoms with E-state index in [1.54, 1.807) is 19.1 Å². The molecule has 0 fully saturated rings. The van der Waals surface area contributed by atoms with Gasteiger partial charge in [0.2, 0.25) is 5.88 Å². The van der Waals surface area contributed by atoms with Gasteiger partial charge in [-0.25, -0.2) is 4.68 Å². The molecule has 0 saturated heterocycles. The summed E-state index contributed by atoms with van der Waals surface area (Å²) in [6.45, 7) is 3.43. The van der Waals surface area contributed by atoms with Gasteiger partial charge in [-0.15, -0.1) is 6.42 Å². The lowest BCUT2D eigenvalue weighted by Crippen LogP contribution is -2.10. The molecule has 0 aliphatic carbocycles. The van der Waals surface area contributed by atoms with Crippen LogP contribution in [0.15, 0.2) is 24.4 Å². The van der Waals surface area contributed by atoms with Gasteiger partial charge < -0.3 is 4.74 Å². The first-order chi connectivity index (χ1) is 9.84. The first kappa shape index (κ1) is 15.0. The Labute approximate surface area is 120 Å². The van der Waals surface area contributed by atoms with Crippen LogP contribution in [0.4, 0.5) is 13.2 Å². The maximum atomic E-state index is 13.0. The summed E-state index contributed by atoms with van der Waals surface area (Å²) in [6.07, 6.45) is 1.24. The third-order valence-corrected chi connectivity index (χ3v) is 2.90. The molecule has 1 aromatic heterocycles. The number of halogens is 3. The minimum absolute atomic E-state index is 0.264. The molecule has 0 aliphatic heterocycles. The molecule has 0 saturated carbocycles. The minimum Gasteiger partial charge on any atom is -0.464 e. The highest BCUT2D eigenvalue weighted by molar-refractivity contribution is 5.46. The monoisotopic (exact) mass is 294 g/mol. The topological polar surface area (TPSA) is 27.1 Å². The number of alkyl halides is 3. The lowest BCUT2D eigenvalue weighted by atomic mass is 10.1. The van der Waals surface area contributed by atoms with Crippen LogP contribution in [-0.4, -0.2) is 16.4 Å². The van der Waals surface area contributed by atoms with Gasteiger partial charge in [0, 0.05) is 0 Å². The van der Waals surface area contributed by atoms with E-state index >= 15 is 0 Å². The zero-order valence-electron chi connectivity index (χ0n) is 11.5. The maximum absolute atomic E-state index is 13.0. The quantitative estimate of drug-likeness (QED) is 0.810. The van der Waals surface area contributed by atoms with Gasteiger partial charge in [-0.2, -0.15) is 18.3 Å². The van der Waals surface area contributed by atoms with Crippen molar-refractivity contribution in [3.63, 3.8) is 0 Å². The number of benzene rings is 1. The van der Waals surface area contributed by atoms with Gasteiger partial charge in [0.25, 0.3) is 0 Å². The van der Waals surface area contributed by atoms with Crippen LogP contribution >= 0.6 is 0 Å². The van der Waals surface area contributed by atoms with Crippen molar-refractivity contribution >= 4 is 0 Å². The van der Waals surface area contributed by atoms with Crippen LogP contribution in [0.3, 0.4) is 0 Å². The van der Waals surface area contributed by atoms with E-state index in [0.717, 1.165) is 22.0 Å². The molecule has 1 heterocycles. The number of hydrogen-bond donors (Lipinski definition) is 0. The summed E-state index contributed by atoms with van der Waals surface area (Å²) >= 11 is 0. The summed E-state index contributed by atoms with van der Waals surface area (Å²) in [4.78, 5) is 0. The molecule has 21 heavy (non-hydrogen) atoms. The summed E-state index contributed by atoms with van der Waals surface area (Å²) in [5.41, 5.74) is 1.36. The van der Waals surface area contributed by atoms with Crippen LogP contribution in [0, 0.1) is 26.2 Å². The smallest absolute Gasteiger partial charge is 0.423 e. The zero-order chi connectivity index (χ0) is 15.6. The SMILES string of the molecule is C#CCOc1c(C(F)(F)F)cnn1-c1ccc(C)cc1C. The maximum Gasteiger partial charge on any atom is 0.423 e. The van der Waals surface area contributed by atoms with E-state index in [1.807, 2.05) is 13.0 Å². The molecule has 2 aromatic rings. The summed E-state index contributed by atoms with van der Waals surface area (Å²) in [6, 6.07) is 5.35.